The molecule has 0 aliphatic carbocycles. The van der Waals surface area contributed by atoms with Gasteiger partial charge < -0.3 is 21.2 Å². The van der Waals surface area contributed by atoms with Crippen molar-refractivity contribution >= 4 is 12.2 Å². The second kappa shape index (κ2) is 13.1. The zero-order valence-corrected chi connectivity index (χ0v) is 13.0. The molecule has 5 heteroatoms. The Morgan fingerprint density at radius 3 is 2.45 bits per heavy atom. The van der Waals surface area contributed by atoms with Crippen LogP contribution in [0.3, 0.4) is 0 Å². The lowest BCUT2D eigenvalue weighted by molar-refractivity contribution is -0.124. The van der Waals surface area contributed by atoms with Crippen LogP contribution in [0, 0.1) is 0 Å². The molecule has 5 nitrogen and oxygen atoms in total. The minimum Gasteiger partial charge on any atom is -0.347 e. The van der Waals surface area contributed by atoms with Crippen LogP contribution in [0.15, 0.2) is 0 Å². The maximum atomic E-state index is 11.7. The maximum absolute atomic E-state index is 11.7. The zero-order valence-electron chi connectivity index (χ0n) is 13.0. The van der Waals surface area contributed by atoms with Gasteiger partial charge in [-0.15, -0.1) is 0 Å². The fourth-order valence-electron chi connectivity index (χ4n) is 2.17. The Hall–Kier alpha value is -0.940. The van der Waals surface area contributed by atoms with Gasteiger partial charge in [0.15, 0.2) is 0 Å². The third-order valence-corrected chi connectivity index (χ3v) is 3.29. The van der Waals surface area contributed by atoms with E-state index in [0.717, 1.165) is 19.1 Å². The Morgan fingerprint density at radius 2 is 1.85 bits per heavy atom. The molecule has 0 saturated carbocycles. The van der Waals surface area contributed by atoms with Crippen LogP contribution < -0.4 is 16.4 Å². The van der Waals surface area contributed by atoms with Gasteiger partial charge in [-0.1, -0.05) is 39.0 Å². The van der Waals surface area contributed by atoms with E-state index >= 15 is 0 Å². The molecule has 0 radical (unpaired) electrons. The van der Waals surface area contributed by atoms with E-state index in [9.17, 15) is 9.59 Å². The normalized spacial score (nSPS) is 13.8. The van der Waals surface area contributed by atoms with E-state index in [1.807, 2.05) is 7.05 Å². The molecule has 0 aromatic rings. The lowest BCUT2D eigenvalue weighted by atomic mass is 10.1. The summed E-state index contributed by atoms with van der Waals surface area (Å²) in [5.74, 6) is -0.0470. The summed E-state index contributed by atoms with van der Waals surface area (Å²) < 4.78 is 0. The van der Waals surface area contributed by atoms with Crippen LogP contribution in [0.4, 0.5) is 0 Å². The number of hydrogen-bond acceptors (Lipinski definition) is 4. The first-order valence-electron chi connectivity index (χ1n) is 7.78. The third-order valence-electron chi connectivity index (χ3n) is 3.29. The third kappa shape index (κ3) is 10.9. The van der Waals surface area contributed by atoms with Crippen LogP contribution in [-0.4, -0.2) is 37.9 Å². The summed E-state index contributed by atoms with van der Waals surface area (Å²) in [7, 11) is 1.81. The molecule has 0 heterocycles. The van der Waals surface area contributed by atoms with Crippen molar-refractivity contribution in [2.24, 2.45) is 5.73 Å². The van der Waals surface area contributed by atoms with Gasteiger partial charge >= 0.3 is 0 Å². The van der Waals surface area contributed by atoms with E-state index < -0.39 is 6.04 Å². The van der Waals surface area contributed by atoms with Crippen molar-refractivity contribution in [2.45, 2.75) is 70.4 Å². The summed E-state index contributed by atoms with van der Waals surface area (Å²) in [5.41, 5.74) is 5.83. The number of unbranched alkanes of at least 4 members (excludes halogenated alkanes) is 5. The van der Waals surface area contributed by atoms with Crippen molar-refractivity contribution in [3.63, 3.8) is 0 Å². The van der Waals surface area contributed by atoms with Crippen molar-refractivity contribution in [3.8, 4) is 0 Å². The molecule has 0 aromatic carbocycles. The van der Waals surface area contributed by atoms with Gasteiger partial charge in [0.1, 0.15) is 6.29 Å². The highest BCUT2D eigenvalue weighted by Crippen LogP contribution is 2.07. The molecule has 0 spiro atoms. The topological polar surface area (TPSA) is 84.2 Å². The first-order chi connectivity index (χ1) is 9.63. The standard InChI is InChI=1S/C15H31N3O2/c1-3-4-5-6-7-8-9-15(20)18-14(12-19)10-13(16)11-17-2/h12-14,17H,3-11,16H2,1-2H3,(H,18,20). The van der Waals surface area contributed by atoms with E-state index in [4.69, 9.17) is 5.73 Å². The molecule has 0 aromatic heterocycles. The Kier molecular flexibility index (Phi) is 12.4. The van der Waals surface area contributed by atoms with Crippen LogP contribution >= 0.6 is 0 Å². The van der Waals surface area contributed by atoms with Gasteiger partial charge in [0, 0.05) is 19.0 Å². The lowest BCUT2D eigenvalue weighted by Crippen LogP contribution is -2.43. The highest BCUT2D eigenvalue weighted by atomic mass is 16.2. The van der Waals surface area contributed by atoms with E-state index in [1.165, 1.54) is 25.7 Å². The molecular formula is C15H31N3O2. The van der Waals surface area contributed by atoms with Gasteiger partial charge in [-0.05, 0) is 19.9 Å². The summed E-state index contributed by atoms with van der Waals surface area (Å²) >= 11 is 0. The lowest BCUT2D eigenvalue weighted by Gasteiger charge is -2.17. The molecule has 2 atom stereocenters. The monoisotopic (exact) mass is 285 g/mol. The van der Waals surface area contributed by atoms with Crippen LogP contribution in [0.1, 0.15) is 58.3 Å². The predicted octanol–water partition coefficient (Wildman–Crippen LogP) is 1.36. The van der Waals surface area contributed by atoms with E-state index in [-0.39, 0.29) is 11.9 Å². The minimum atomic E-state index is -0.467. The molecule has 0 rings (SSSR count). The molecule has 0 fully saturated rings. The van der Waals surface area contributed by atoms with Gasteiger partial charge in [0.2, 0.25) is 5.91 Å². The summed E-state index contributed by atoms with van der Waals surface area (Å²) in [6, 6.07) is -0.588. The van der Waals surface area contributed by atoms with Crippen LogP contribution in [-0.2, 0) is 9.59 Å². The van der Waals surface area contributed by atoms with E-state index in [1.54, 1.807) is 0 Å². The molecule has 118 valence electrons. The Labute approximate surface area is 123 Å². The molecule has 0 saturated heterocycles. The number of likely N-dealkylation sites (N-methyl/N-ethyl adjacent to an activating group) is 1. The number of aldehydes is 1. The Morgan fingerprint density at radius 1 is 1.20 bits per heavy atom. The molecule has 4 N–H and O–H groups in total. The average molecular weight is 285 g/mol. The van der Waals surface area contributed by atoms with E-state index in [2.05, 4.69) is 17.6 Å². The molecule has 0 aliphatic rings. The number of carbonyl (C=O) groups excluding carboxylic acids is 2. The van der Waals surface area contributed by atoms with Crippen LogP contribution in [0.25, 0.3) is 0 Å². The van der Waals surface area contributed by atoms with Crippen LogP contribution in [0.5, 0.6) is 0 Å². The summed E-state index contributed by atoms with van der Waals surface area (Å²) in [4.78, 5) is 22.7. The summed E-state index contributed by atoms with van der Waals surface area (Å²) in [5, 5.41) is 5.70. The van der Waals surface area contributed by atoms with Crippen molar-refractivity contribution in [2.75, 3.05) is 13.6 Å². The molecule has 2 unspecified atom stereocenters. The molecule has 20 heavy (non-hydrogen) atoms. The molecular weight excluding hydrogens is 254 g/mol. The summed E-state index contributed by atoms with van der Waals surface area (Å²) in [6.07, 6.45) is 8.65. The van der Waals surface area contributed by atoms with Gasteiger partial charge in [-0.2, -0.15) is 0 Å². The predicted molar refractivity (Wildman–Crippen MR) is 82.5 cm³/mol. The van der Waals surface area contributed by atoms with Crippen molar-refractivity contribution < 1.29 is 9.59 Å². The highest BCUT2D eigenvalue weighted by molar-refractivity contribution is 5.79. The van der Waals surface area contributed by atoms with Gasteiger partial charge in [-0.3, -0.25) is 4.79 Å². The second-order valence-electron chi connectivity index (χ2n) is 5.38. The SMILES string of the molecule is CCCCCCCCC(=O)NC(C=O)CC(N)CNC. The number of rotatable bonds is 13. The van der Waals surface area contributed by atoms with Crippen LogP contribution in [0.2, 0.25) is 0 Å². The minimum absolute atomic E-state index is 0.0470. The molecule has 0 aliphatic heterocycles. The summed E-state index contributed by atoms with van der Waals surface area (Å²) in [6.45, 7) is 2.82. The van der Waals surface area contributed by atoms with Gasteiger partial charge in [-0.25, -0.2) is 0 Å². The number of nitrogens with two attached hydrogens (primary N) is 1. The Bertz CT molecular complexity index is 260. The van der Waals surface area contributed by atoms with Crippen molar-refractivity contribution in [1.82, 2.24) is 10.6 Å². The number of nitrogens with one attached hydrogen (secondary N) is 2. The maximum Gasteiger partial charge on any atom is 0.220 e. The molecule has 1 amide bonds. The largest absolute Gasteiger partial charge is 0.347 e. The smallest absolute Gasteiger partial charge is 0.220 e. The molecule has 0 bridgehead atoms. The fourth-order valence-corrected chi connectivity index (χ4v) is 2.17. The highest BCUT2D eigenvalue weighted by Gasteiger charge is 2.14. The average Bonchev–Trinajstić information content (AvgIpc) is 2.42. The van der Waals surface area contributed by atoms with Gasteiger partial charge in [0.05, 0.1) is 6.04 Å². The number of amides is 1. The quantitative estimate of drug-likeness (QED) is 0.352. The number of carbonyl (C=O) groups is 2. The first kappa shape index (κ1) is 19.1. The fraction of sp³-hybridized carbons (Fsp3) is 0.867. The second-order valence-corrected chi connectivity index (χ2v) is 5.38. The first-order valence-corrected chi connectivity index (χ1v) is 7.78. The Balaban J connectivity index is 3.72. The van der Waals surface area contributed by atoms with Crippen molar-refractivity contribution in [1.29, 1.82) is 0 Å². The van der Waals surface area contributed by atoms with Crippen molar-refractivity contribution in [3.05, 3.63) is 0 Å². The van der Waals surface area contributed by atoms with E-state index in [0.29, 0.717) is 19.4 Å². The number of hydrogen-bond donors (Lipinski definition) is 3. The zero-order chi connectivity index (χ0) is 15.2. The van der Waals surface area contributed by atoms with Gasteiger partial charge in [0.25, 0.3) is 0 Å².